The SMILES string of the molecule is Cc1ccc(Br)c(C(=O)N(C)Cc2cccc(Br)c2)c1. The van der Waals surface area contributed by atoms with E-state index in [1.165, 1.54) is 0 Å². The number of nitrogens with zero attached hydrogens (tertiary/aromatic N) is 1. The van der Waals surface area contributed by atoms with Gasteiger partial charge in [-0.3, -0.25) is 4.79 Å². The van der Waals surface area contributed by atoms with Crippen molar-refractivity contribution in [1.82, 2.24) is 4.90 Å². The maximum absolute atomic E-state index is 12.5. The van der Waals surface area contributed by atoms with E-state index in [0.29, 0.717) is 12.1 Å². The van der Waals surface area contributed by atoms with Gasteiger partial charge in [-0.05, 0) is 52.7 Å². The van der Waals surface area contributed by atoms with Crippen molar-refractivity contribution in [3.05, 3.63) is 68.1 Å². The Hall–Kier alpha value is -1.13. The molecule has 0 radical (unpaired) electrons. The van der Waals surface area contributed by atoms with E-state index in [1.54, 1.807) is 4.90 Å². The van der Waals surface area contributed by atoms with Gasteiger partial charge in [0.2, 0.25) is 0 Å². The summed E-state index contributed by atoms with van der Waals surface area (Å²) in [5.41, 5.74) is 2.87. The first-order valence-corrected chi connectivity index (χ1v) is 7.82. The van der Waals surface area contributed by atoms with E-state index in [4.69, 9.17) is 0 Å². The van der Waals surface area contributed by atoms with Gasteiger partial charge in [-0.25, -0.2) is 0 Å². The number of rotatable bonds is 3. The van der Waals surface area contributed by atoms with Crippen LogP contribution in [0.2, 0.25) is 0 Å². The molecule has 0 unspecified atom stereocenters. The molecule has 104 valence electrons. The third kappa shape index (κ3) is 3.70. The summed E-state index contributed by atoms with van der Waals surface area (Å²) in [6.45, 7) is 2.57. The molecular formula is C16H15Br2NO. The fourth-order valence-electron chi connectivity index (χ4n) is 1.99. The Morgan fingerprint density at radius 3 is 2.60 bits per heavy atom. The zero-order valence-electron chi connectivity index (χ0n) is 11.4. The maximum atomic E-state index is 12.5. The number of amides is 1. The molecule has 0 aromatic heterocycles. The summed E-state index contributed by atoms with van der Waals surface area (Å²) >= 11 is 6.89. The van der Waals surface area contributed by atoms with Crippen LogP contribution in [-0.4, -0.2) is 17.9 Å². The Labute approximate surface area is 136 Å². The minimum Gasteiger partial charge on any atom is -0.337 e. The second-order valence-corrected chi connectivity index (χ2v) is 6.54. The third-order valence-corrected chi connectivity index (χ3v) is 4.19. The summed E-state index contributed by atoms with van der Waals surface area (Å²) in [5.74, 6) is 0.0144. The van der Waals surface area contributed by atoms with Crippen LogP contribution in [0.1, 0.15) is 21.5 Å². The van der Waals surface area contributed by atoms with Gasteiger partial charge in [0.15, 0.2) is 0 Å². The summed E-state index contributed by atoms with van der Waals surface area (Å²) in [7, 11) is 1.82. The van der Waals surface area contributed by atoms with Gasteiger partial charge >= 0.3 is 0 Å². The predicted molar refractivity (Wildman–Crippen MR) is 88.8 cm³/mol. The lowest BCUT2D eigenvalue weighted by molar-refractivity contribution is 0.0784. The highest BCUT2D eigenvalue weighted by Crippen LogP contribution is 2.21. The Balaban J connectivity index is 2.18. The van der Waals surface area contributed by atoms with Crippen LogP contribution in [0.3, 0.4) is 0 Å². The molecule has 0 saturated carbocycles. The third-order valence-electron chi connectivity index (χ3n) is 3.01. The lowest BCUT2D eigenvalue weighted by atomic mass is 10.1. The van der Waals surface area contributed by atoms with Gasteiger partial charge in [-0.1, -0.05) is 39.7 Å². The molecule has 20 heavy (non-hydrogen) atoms. The summed E-state index contributed by atoms with van der Waals surface area (Å²) < 4.78 is 1.85. The van der Waals surface area contributed by atoms with Crippen molar-refractivity contribution < 1.29 is 4.79 Å². The van der Waals surface area contributed by atoms with Crippen molar-refractivity contribution in [2.45, 2.75) is 13.5 Å². The van der Waals surface area contributed by atoms with E-state index < -0.39 is 0 Å². The van der Waals surface area contributed by atoms with Crippen LogP contribution in [-0.2, 0) is 6.54 Å². The van der Waals surface area contributed by atoms with E-state index in [9.17, 15) is 4.79 Å². The average Bonchev–Trinajstić information content (AvgIpc) is 2.40. The van der Waals surface area contributed by atoms with E-state index in [2.05, 4.69) is 31.9 Å². The zero-order chi connectivity index (χ0) is 14.7. The normalized spacial score (nSPS) is 10.4. The van der Waals surface area contributed by atoms with Crippen LogP contribution < -0.4 is 0 Å². The minimum atomic E-state index is 0.0144. The Bertz CT molecular complexity index is 640. The lowest BCUT2D eigenvalue weighted by Gasteiger charge is -2.18. The topological polar surface area (TPSA) is 20.3 Å². The molecule has 0 aliphatic rings. The molecular weight excluding hydrogens is 382 g/mol. The first-order chi connectivity index (χ1) is 9.47. The molecule has 0 spiro atoms. The quantitative estimate of drug-likeness (QED) is 0.730. The Morgan fingerprint density at radius 1 is 1.15 bits per heavy atom. The first-order valence-electron chi connectivity index (χ1n) is 6.23. The molecule has 0 aliphatic carbocycles. The number of carbonyl (C=O) groups is 1. The molecule has 0 N–H and O–H groups in total. The van der Waals surface area contributed by atoms with Gasteiger partial charge in [0.25, 0.3) is 5.91 Å². The van der Waals surface area contributed by atoms with Crippen molar-refractivity contribution in [2.24, 2.45) is 0 Å². The van der Waals surface area contributed by atoms with Crippen molar-refractivity contribution in [3.63, 3.8) is 0 Å². The van der Waals surface area contributed by atoms with Crippen LogP contribution in [0.25, 0.3) is 0 Å². The predicted octanol–water partition coefficient (Wildman–Crippen LogP) is 4.79. The number of aryl methyl sites for hydroxylation is 1. The van der Waals surface area contributed by atoms with E-state index in [-0.39, 0.29) is 5.91 Å². The molecule has 0 heterocycles. The maximum Gasteiger partial charge on any atom is 0.255 e. The highest BCUT2D eigenvalue weighted by Gasteiger charge is 2.15. The highest BCUT2D eigenvalue weighted by molar-refractivity contribution is 9.10. The van der Waals surface area contributed by atoms with E-state index >= 15 is 0 Å². The number of hydrogen-bond acceptors (Lipinski definition) is 1. The fourth-order valence-corrected chi connectivity index (χ4v) is 2.85. The molecule has 4 heteroatoms. The molecule has 2 nitrogen and oxygen atoms in total. The molecule has 2 aromatic carbocycles. The second kappa shape index (κ2) is 6.55. The van der Waals surface area contributed by atoms with Crippen molar-refractivity contribution in [1.29, 1.82) is 0 Å². The number of halogens is 2. The molecule has 0 bridgehead atoms. The summed E-state index contributed by atoms with van der Waals surface area (Å²) in [6, 6.07) is 13.8. The van der Waals surface area contributed by atoms with Crippen LogP contribution in [0.4, 0.5) is 0 Å². The van der Waals surface area contributed by atoms with Crippen LogP contribution >= 0.6 is 31.9 Å². The molecule has 2 rings (SSSR count). The molecule has 1 amide bonds. The van der Waals surface area contributed by atoms with Gasteiger partial charge in [0.1, 0.15) is 0 Å². The van der Waals surface area contributed by atoms with Crippen LogP contribution in [0.15, 0.2) is 51.4 Å². The molecule has 0 saturated heterocycles. The lowest BCUT2D eigenvalue weighted by Crippen LogP contribution is -2.26. The van der Waals surface area contributed by atoms with Crippen molar-refractivity contribution in [3.8, 4) is 0 Å². The highest BCUT2D eigenvalue weighted by atomic mass is 79.9. The van der Waals surface area contributed by atoms with E-state index in [0.717, 1.165) is 20.1 Å². The molecule has 0 aliphatic heterocycles. The number of hydrogen-bond donors (Lipinski definition) is 0. The van der Waals surface area contributed by atoms with Gasteiger partial charge in [-0.2, -0.15) is 0 Å². The average molecular weight is 397 g/mol. The largest absolute Gasteiger partial charge is 0.337 e. The van der Waals surface area contributed by atoms with Gasteiger partial charge in [0, 0.05) is 22.5 Å². The second-order valence-electron chi connectivity index (χ2n) is 4.77. The van der Waals surface area contributed by atoms with E-state index in [1.807, 2.05) is 56.4 Å². The fraction of sp³-hybridized carbons (Fsp3) is 0.188. The van der Waals surface area contributed by atoms with Crippen LogP contribution in [0, 0.1) is 6.92 Å². The minimum absolute atomic E-state index is 0.0144. The molecule has 0 atom stereocenters. The Kier molecular flexibility index (Phi) is 5.00. The van der Waals surface area contributed by atoms with Crippen molar-refractivity contribution >= 4 is 37.8 Å². The standard InChI is InChI=1S/C16H15Br2NO/c1-11-6-7-15(18)14(8-11)16(20)19(2)10-12-4-3-5-13(17)9-12/h3-9H,10H2,1-2H3. The molecule has 2 aromatic rings. The monoisotopic (exact) mass is 395 g/mol. The summed E-state index contributed by atoms with van der Waals surface area (Å²) in [5, 5.41) is 0. The zero-order valence-corrected chi connectivity index (χ0v) is 14.5. The van der Waals surface area contributed by atoms with Gasteiger partial charge < -0.3 is 4.90 Å². The summed E-state index contributed by atoms with van der Waals surface area (Å²) in [4.78, 5) is 14.2. The van der Waals surface area contributed by atoms with Crippen molar-refractivity contribution in [2.75, 3.05) is 7.05 Å². The first kappa shape index (κ1) is 15.3. The van der Waals surface area contributed by atoms with Crippen LogP contribution in [0.5, 0.6) is 0 Å². The molecule has 0 fully saturated rings. The van der Waals surface area contributed by atoms with Gasteiger partial charge in [0.05, 0.1) is 5.56 Å². The number of carbonyl (C=O) groups excluding carboxylic acids is 1. The summed E-state index contributed by atoms with van der Waals surface area (Å²) in [6.07, 6.45) is 0. The smallest absolute Gasteiger partial charge is 0.255 e. The van der Waals surface area contributed by atoms with Gasteiger partial charge in [-0.15, -0.1) is 0 Å². The number of benzene rings is 2. The Morgan fingerprint density at radius 2 is 1.90 bits per heavy atom.